The van der Waals surface area contributed by atoms with Gasteiger partial charge in [0.15, 0.2) is 0 Å². The van der Waals surface area contributed by atoms with Gasteiger partial charge >= 0.3 is 0 Å². The summed E-state index contributed by atoms with van der Waals surface area (Å²) in [6.45, 7) is 17.9. The molecule has 0 bridgehead atoms. The summed E-state index contributed by atoms with van der Waals surface area (Å²) in [6.07, 6.45) is 24.9. The van der Waals surface area contributed by atoms with Gasteiger partial charge in [-0.3, -0.25) is 0 Å². The monoisotopic (exact) mass is 518 g/mol. The summed E-state index contributed by atoms with van der Waals surface area (Å²) in [5.41, 5.74) is 8.88. The predicted molar refractivity (Wildman–Crippen MR) is 172 cm³/mol. The molecule has 0 spiro atoms. The maximum Gasteiger partial charge on any atom is 0.0311 e. The van der Waals surface area contributed by atoms with Crippen molar-refractivity contribution in [3.63, 3.8) is 0 Å². The van der Waals surface area contributed by atoms with Gasteiger partial charge in [0.1, 0.15) is 0 Å². The molecule has 1 heteroatoms. The van der Waals surface area contributed by atoms with Crippen molar-refractivity contribution in [2.45, 2.75) is 123 Å². The third-order valence-electron chi connectivity index (χ3n) is 6.45. The summed E-state index contributed by atoms with van der Waals surface area (Å²) in [4.78, 5) is 1.35. The van der Waals surface area contributed by atoms with Crippen molar-refractivity contribution >= 4 is 11.8 Å². The summed E-state index contributed by atoms with van der Waals surface area (Å²) >= 11 is 1.99. The third kappa shape index (κ3) is 18.8. The standard InChI is InChI=1S/C36H54S/c1-29(2)16-12-18-31(5)20-14-21-32(6)22-15-23-34(8)28-36(37-35-24-10-9-11-25-35)27-26-33(7)19-13-17-30(3)4/h9-11,16-17,20,22,24-26,28,36H,12-15,18-19,21,23,27H2,1-8H3/b31-20+,32-22+,33-26+,34-28+. The van der Waals surface area contributed by atoms with Crippen molar-refractivity contribution in [3.05, 3.63) is 100 Å². The quantitative estimate of drug-likeness (QED) is 0.146. The van der Waals surface area contributed by atoms with Crippen LogP contribution in [0.2, 0.25) is 0 Å². The van der Waals surface area contributed by atoms with Crippen molar-refractivity contribution < 1.29 is 0 Å². The molecule has 1 unspecified atom stereocenters. The molecular weight excluding hydrogens is 464 g/mol. The molecule has 0 aliphatic heterocycles. The number of benzene rings is 1. The molecule has 0 aromatic heterocycles. The second-order valence-corrected chi connectivity index (χ2v) is 12.4. The minimum Gasteiger partial charge on any atom is -0.118 e. The first kappa shape index (κ1) is 33.0. The summed E-state index contributed by atoms with van der Waals surface area (Å²) < 4.78 is 0. The average molecular weight is 519 g/mol. The molecule has 0 amide bonds. The fourth-order valence-corrected chi connectivity index (χ4v) is 5.27. The SMILES string of the molecule is CC(C)=CCC/C(C)=C/CC/C(C)=C/CC/C(C)=C/C(C/C=C(\C)CCC=C(C)C)Sc1ccccc1. The Morgan fingerprint density at radius 3 is 1.49 bits per heavy atom. The molecule has 204 valence electrons. The van der Waals surface area contributed by atoms with E-state index in [1.54, 1.807) is 0 Å². The second-order valence-electron chi connectivity index (χ2n) is 11.1. The number of allylic oxidation sites excluding steroid dienone is 11. The van der Waals surface area contributed by atoms with Crippen LogP contribution in [0.4, 0.5) is 0 Å². The van der Waals surface area contributed by atoms with Crippen LogP contribution in [0.15, 0.2) is 105 Å². The first-order valence-electron chi connectivity index (χ1n) is 14.3. The van der Waals surface area contributed by atoms with E-state index in [0.717, 1.165) is 38.5 Å². The van der Waals surface area contributed by atoms with Crippen LogP contribution in [0.25, 0.3) is 0 Å². The minimum atomic E-state index is 0.477. The highest BCUT2D eigenvalue weighted by atomic mass is 32.2. The van der Waals surface area contributed by atoms with E-state index in [9.17, 15) is 0 Å². The van der Waals surface area contributed by atoms with Crippen molar-refractivity contribution in [1.29, 1.82) is 0 Å². The van der Waals surface area contributed by atoms with Gasteiger partial charge in [-0.2, -0.15) is 0 Å². The molecule has 0 saturated heterocycles. The van der Waals surface area contributed by atoms with Gasteiger partial charge in [0, 0.05) is 10.1 Å². The van der Waals surface area contributed by atoms with E-state index in [2.05, 4.69) is 122 Å². The summed E-state index contributed by atoms with van der Waals surface area (Å²) in [5.74, 6) is 0. The normalized spacial score (nSPS) is 13.9. The highest BCUT2D eigenvalue weighted by molar-refractivity contribution is 8.00. The van der Waals surface area contributed by atoms with E-state index in [-0.39, 0.29) is 0 Å². The largest absolute Gasteiger partial charge is 0.118 e. The lowest BCUT2D eigenvalue weighted by Gasteiger charge is -2.13. The van der Waals surface area contributed by atoms with Crippen LogP contribution in [-0.2, 0) is 0 Å². The van der Waals surface area contributed by atoms with Crippen LogP contribution in [0.3, 0.4) is 0 Å². The van der Waals surface area contributed by atoms with Gasteiger partial charge in [0.05, 0.1) is 0 Å². The zero-order valence-corrected chi connectivity index (χ0v) is 26.0. The van der Waals surface area contributed by atoms with Crippen LogP contribution >= 0.6 is 11.8 Å². The Morgan fingerprint density at radius 1 is 0.568 bits per heavy atom. The van der Waals surface area contributed by atoms with Gasteiger partial charge in [-0.05, 0) is 125 Å². The maximum absolute atomic E-state index is 2.51. The maximum atomic E-state index is 2.51. The number of hydrogen-bond donors (Lipinski definition) is 0. The molecule has 0 radical (unpaired) electrons. The van der Waals surface area contributed by atoms with Gasteiger partial charge < -0.3 is 0 Å². The van der Waals surface area contributed by atoms with E-state index in [0.29, 0.717) is 5.25 Å². The lowest BCUT2D eigenvalue weighted by Crippen LogP contribution is -1.99. The zero-order chi connectivity index (χ0) is 27.5. The van der Waals surface area contributed by atoms with E-state index >= 15 is 0 Å². The van der Waals surface area contributed by atoms with Crippen LogP contribution in [0.5, 0.6) is 0 Å². The van der Waals surface area contributed by atoms with Crippen LogP contribution in [-0.4, -0.2) is 5.25 Å². The molecule has 0 aliphatic carbocycles. The molecule has 1 aromatic rings. The first-order chi connectivity index (χ1) is 17.7. The number of thioether (sulfide) groups is 1. The number of hydrogen-bond acceptors (Lipinski definition) is 1. The molecule has 0 N–H and O–H groups in total. The van der Waals surface area contributed by atoms with Crippen molar-refractivity contribution in [3.8, 4) is 0 Å². The lowest BCUT2D eigenvalue weighted by molar-refractivity contribution is 0.894. The van der Waals surface area contributed by atoms with Crippen LogP contribution < -0.4 is 0 Å². The van der Waals surface area contributed by atoms with Gasteiger partial charge in [0.2, 0.25) is 0 Å². The average Bonchev–Trinajstić information content (AvgIpc) is 2.82. The summed E-state index contributed by atoms with van der Waals surface area (Å²) in [7, 11) is 0. The third-order valence-corrected chi connectivity index (χ3v) is 7.62. The Labute approximate surface area is 234 Å². The molecule has 1 aromatic carbocycles. The summed E-state index contributed by atoms with van der Waals surface area (Å²) in [6, 6.07) is 10.9. The predicted octanol–water partition coefficient (Wildman–Crippen LogP) is 12.4. The molecule has 1 rings (SSSR count). The summed E-state index contributed by atoms with van der Waals surface area (Å²) in [5, 5.41) is 0.477. The molecule has 1 atom stereocenters. The number of rotatable bonds is 17. The second kappa shape index (κ2) is 20.0. The fraction of sp³-hybridized carbons (Fsp3) is 0.500. The van der Waals surface area contributed by atoms with Crippen molar-refractivity contribution in [2.75, 3.05) is 0 Å². The van der Waals surface area contributed by atoms with E-state index < -0.39 is 0 Å². The molecular formula is C36H54S. The van der Waals surface area contributed by atoms with Crippen molar-refractivity contribution in [2.24, 2.45) is 0 Å². The van der Waals surface area contributed by atoms with E-state index in [1.165, 1.54) is 57.6 Å². The van der Waals surface area contributed by atoms with Crippen LogP contribution in [0, 0.1) is 0 Å². The zero-order valence-electron chi connectivity index (χ0n) is 25.2. The van der Waals surface area contributed by atoms with Crippen molar-refractivity contribution in [1.82, 2.24) is 0 Å². The van der Waals surface area contributed by atoms with Gasteiger partial charge in [0.25, 0.3) is 0 Å². The highest BCUT2D eigenvalue weighted by Crippen LogP contribution is 2.29. The molecule has 37 heavy (non-hydrogen) atoms. The fourth-order valence-electron chi connectivity index (χ4n) is 4.12. The van der Waals surface area contributed by atoms with Gasteiger partial charge in [-0.1, -0.05) is 88.1 Å². The molecule has 0 heterocycles. The molecule has 0 saturated carbocycles. The van der Waals surface area contributed by atoms with Crippen LogP contribution in [0.1, 0.15) is 113 Å². The smallest absolute Gasteiger partial charge is 0.0311 e. The molecule has 0 nitrogen and oxygen atoms in total. The Bertz CT molecular complexity index is 942. The Balaban J connectivity index is 2.63. The van der Waals surface area contributed by atoms with E-state index in [1.807, 2.05) is 11.8 Å². The lowest BCUT2D eigenvalue weighted by atomic mass is 10.0. The first-order valence-corrected chi connectivity index (χ1v) is 15.2. The van der Waals surface area contributed by atoms with Gasteiger partial charge in [-0.25, -0.2) is 0 Å². The molecule has 0 fully saturated rings. The molecule has 0 aliphatic rings. The van der Waals surface area contributed by atoms with E-state index in [4.69, 9.17) is 0 Å². The topological polar surface area (TPSA) is 0 Å². The Hall–Kier alpha value is -1.99. The Kier molecular flexibility index (Phi) is 17.9. The Morgan fingerprint density at radius 2 is 1.00 bits per heavy atom. The van der Waals surface area contributed by atoms with Gasteiger partial charge in [-0.15, -0.1) is 11.8 Å². The highest BCUT2D eigenvalue weighted by Gasteiger charge is 2.07. The minimum absolute atomic E-state index is 0.477.